The highest BCUT2D eigenvalue weighted by Crippen LogP contribution is 2.27. The lowest BCUT2D eigenvalue weighted by atomic mass is 9.88. The first kappa shape index (κ1) is 24.8. The zero-order valence-electron chi connectivity index (χ0n) is 18.2. The molecule has 0 radical (unpaired) electrons. The van der Waals surface area contributed by atoms with Gasteiger partial charge in [-0.15, -0.1) is 24.0 Å². The Hall–Kier alpha value is -1.88. The predicted octanol–water partition coefficient (Wildman–Crippen LogP) is 3.85. The van der Waals surface area contributed by atoms with E-state index in [9.17, 15) is 4.79 Å². The number of aliphatic imine (C=N–C) groups is 1. The Kier molecular flexibility index (Phi) is 9.15. The van der Waals surface area contributed by atoms with Crippen LogP contribution in [0.5, 0.6) is 0 Å². The summed E-state index contributed by atoms with van der Waals surface area (Å²) in [7, 11) is 1.72. The Bertz CT molecular complexity index is 931. The molecule has 10 heteroatoms. The van der Waals surface area contributed by atoms with Crippen LogP contribution in [-0.4, -0.2) is 53.1 Å². The Balaban J connectivity index is 0.00000289. The van der Waals surface area contributed by atoms with Crippen molar-refractivity contribution in [2.45, 2.75) is 51.1 Å². The average Bonchev–Trinajstić information content (AvgIpc) is 3.46. The van der Waals surface area contributed by atoms with Crippen molar-refractivity contribution in [3.05, 3.63) is 35.2 Å². The summed E-state index contributed by atoms with van der Waals surface area (Å²) in [5.74, 6) is 2.15. The lowest BCUT2D eigenvalue weighted by Crippen LogP contribution is -2.45. The smallest absolute Gasteiger partial charge is 0.246 e. The molecule has 1 aromatic carbocycles. The molecule has 2 heterocycles. The van der Waals surface area contributed by atoms with Crippen molar-refractivity contribution < 1.29 is 9.32 Å². The molecule has 32 heavy (non-hydrogen) atoms. The molecule has 2 aromatic rings. The topological polar surface area (TPSA) is 95.7 Å². The van der Waals surface area contributed by atoms with Crippen LogP contribution in [-0.2, 0) is 11.3 Å². The van der Waals surface area contributed by atoms with Crippen molar-refractivity contribution in [1.29, 1.82) is 0 Å². The molecule has 1 saturated heterocycles. The van der Waals surface area contributed by atoms with Crippen LogP contribution in [0.25, 0.3) is 11.4 Å². The van der Waals surface area contributed by atoms with Gasteiger partial charge < -0.3 is 20.1 Å². The van der Waals surface area contributed by atoms with Crippen molar-refractivity contribution in [3.63, 3.8) is 0 Å². The molecule has 0 spiro atoms. The number of halogens is 2. The van der Waals surface area contributed by atoms with Gasteiger partial charge in [-0.2, -0.15) is 4.98 Å². The van der Waals surface area contributed by atoms with Crippen LogP contribution in [0, 0.1) is 5.92 Å². The summed E-state index contributed by atoms with van der Waals surface area (Å²) in [6.07, 6.45) is 6.61. The summed E-state index contributed by atoms with van der Waals surface area (Å²) >= 11 is 6.03. The fourth-order valence-electron chi connectivity index (χ4n) is 4.30. The Morgan fingerprint density at radius 2 is 2.09 bits per heavy atom. The third-order valence-corrected chi connectivity index (χ3v) is 6.21. The van der Waals surface area contributed by atoms with Crippen molar-refractivity contribution in [2.24, 2.45) is 10.9 Å². The van der Waals surface area contributed by atoms with E-state index in [1.807, 2.05) is 17.0 Å². The van der Waals surface area contributed by atoms with Crippen molar-refractivity contribution in [3.8, 4) is 11.4 Å². The minimum absolute atomic E-state index is 0. The van der Waals surface area contributed by atoms with Crippen LogP contribution in [0.2, 0.25) is 5.02 Å². The van der Waals surface area contributed by atoms with E-state index in [0.29, 0.717) is 35.1 Å². The van der Waals surface area contributed by atoms with Crippen molar-refractivity contribution >= 4 is 47.4 Å². The lowest BCUT2D eigenvalue weighted by molar-refractivity contribution is -0.135. The monoisotopic (exact) mass is 572 g/mol. The van der Waals surface area contributed by atoms with Gasteiger partial charge in [0.05, 0.1) is 6.54 Å². The van der Waals surface area contributed by atoms with Gasteiger partial charge in [0, 0.05) is 42.7 Å². The van der Waals surface area contributed by atoms with Crippen molar-refractivity contribution in [1.82, 2.24) is 25.7 Å². The lowest BCUT2D eigenvalue weighted by Gasteiger charge is -2.26. The largest absolute Gasteiger partial charge is 0.352 e. The molecular weight excluding hydrogens is 543 g/mol. The Labute approximate surface area is 210 Å². The highest BCUT2D eigenvalue weighted by molar-refractivity contribution is 14.0. The molecule has 1 aromatic heterocycles. The molecule has 2 N–H and O–H groups in total. The molecule has 8 nitrogen and oxygen atoms in total. The molecule has 1 unspecified atom stereocenters. The minimum Gasteiger partial charge on any atom is -0.352 e. The van der Waals surface area contributed by atoms with E-state index in [1.54, 1.807) is 19.2 Å². The highest BCUT2D eigenvalue weighted by Gasteiger charge is 2.31. The third kappa shape index (κ3) is 6.34. The maximum atomic E-state index is 12.8. The van der Waals surface area contributed by atoms with Gasteiger partial charge in [-0.25, -0.2) is 0 Å². The van der Waals surface area contributed by atoms with Crippen LogP contribution in [0.3, 0.4) is 0 Å². The molecule has 1 atom stereocenters. The number of amides is 1. The number of benzene rings is 1. The second-order valence-electron chi connectivity index (χ2n) is 8.20. The van der Waals surface area contributed by atoms with Crippen LogP contribution < -0.4 is 10.6 Å². The molecule has 2 aliphatic rings. The van der Waals surface area contributed by atoms with E-state index in [-0.39, 0.29) is 35.9 Å². The molecule has 0 bridgehead atoms. The standard InChI is InChI=1S/C22H29ClN6O2.HI/c1-24-22(25-13-19-27-20(28-31-19)16-8-5-9-17(23)12-16)26-18-10-11-29(14-18)21(30)15-6-3-2-4-7-15;/h5,8-9,12,15,18H,2-4,6-7,10-11,13-14H2,1H3,(H2,24,25,26);1H. The average molecular weight is 573 g/mol. The van der Waals surface area contributed by atoms with Gasteiger partial charge >= 0.3 is 0 Å². The first-order valence-corrected chi connectivity index (χ1v) is 11.3. The first-order chi connectivity index (χ1) is 15.1. The molecule has 2 fully saturated rings. The van der Waals surface area contributed by atoms with Crippen LogP contribution in [0.15, 0.2) is 33.8 Å². The molecule has 1 aliphatic carbocycles. The number of aromatic nitrogens is 2. The van der Waals surface area contributed by atoms with Gasteiger partial charge in [-0.1, -0.05) is 48.2 Å². The van der Waals surface area contributed by atoms with E-state index in [2.05, 4.69) is 25.8 Å². The summed E-state index contributed by atoms with van der Waals surface area (Å²) in [6, 6.07) is 7.51. The third-order valence-electron chi connectivity index (χ3n) is 5.98. The predicted molar refractivity (Wildman–Crippen MR) is 135 cm³/mol. The number of guanidine groups is 1. The number of nitrogens with zero attached hydrogens (tertiary/aromatic N) is 4. The fourth-order valence-corrected chi connectivity index (χ4v) is 4.50. The van der Waals surface area contributed by atoms with Gasteiger partial charge in [0.1, 0.15) is 0 Å². The number of hydrogen-bond donors (Lipinski definition) is 2. The Morgan fingerprint density at radius 3 is 2.84 bits per heavy atom. The Morgan fingerprint density at radius 1 is 1.28 bits per heavy atom. The zero-order chi connectivity index (χ0) is 21.6. The van der Waals surface area contributed by atoms with E-state index < -0.39 is 0 Å². The number of hydrogen-bond acceptors (Lipinski definition) is 5. The SMILES string of the molecule is CN=C(NCc1nc(-c2cccc(Cl)c2)no1)NC1CCN(C(=O)C2CCCCC2)C1.I. The molecule has 1 saturated carbocycles. The van der Waals surface area contributed by atoms with Gasteiger partial charge in [-0.3, -0.25) is 9.79 Å². The minimum atomic E-state index is 0. The number of likely N-dealkylation sites (tertiary alicyclic amines) is 1. The molecule has 1 amide bonds. The van der Waals surface area contributed by atoms with E-state index >= 15 is 0 Å². The maximum absolute atomic E-state index is 12.8. The normalized spacial score (nSPS) is 19.5. The van der Waals surface area contributed by atoms with E-state index in [0.717, 1.165) is 37.9 Å². The summed E-state index contributed by atoms with van der Waals surface area (Å²) in [6.45, 7) is 1.87. The molecular formula is C22H30ClIN6O2. The fraction of sp³-hybridized carbons (Fsp3) is 0.545. The summed E-state index contributed by atoms with van der Waals surface area (Å²) in [4.78, 5) is 23.5. The zero-order valence-corrected chi connectivity index (χ0v) is 21.3. The van der Waals surface area contributed by atoms with Gasteiger partial charge in [-0.05, 0) is 31.4 Å². The number of nitrogens with one attached hydrogen (secondary N) is 2. The molecule has 1 aliphatic heterocycles. The number of rotatable bonds is 5. The number of carbonyl (C=O) groups is 1. The van der Waals surface area contributed by atoms with Gasteiger partial charge in [0.15, 0.2) is 5.96 Å². The van der Waals surface area contributed by atoms with Crippen LogP contribution in [0.1, 0.15) is 44.4 Å². The van der Waals surface area contributed by atoms with Crippen molar-refractivity contribution in [2.75, 3.05) is 20.1 Å². The second kappa shape index (κ2) is 11.8. The van der Waals surface area contributed by atoms with E-state index in [1.165, 1.54) is 19.3 Å². The van der Waals surface area contributed by atoms with Crippen LogP contribution >= 0.6 is 35.6 Å². The van der Waals surface area contributed by atoms with Gasteiger partial charge in [0.2, 0.25) is 17.6 Å². The summed E-state index contributed by atoms with van der Waals surface area (Å²) in [5.41, 5.74) is 0.804. The highest BCUT2D eigenvalue weighted by atomic mass is 127. The van der Waals surface area contributed by atoms with E-state index in [4.69, 9.17) is 16.1 Å². The van der Waals surface area contributed by atoms with Crippen LogP contribution in [0.4, 0.5) is 0 Å². The molecule has 4 rings (SSSR count). The number of carbonyl (C=O) groups excluding carboxylic acids is 1. The first-order valence-electron chi connectivity index (χ1n) is 11.0. The van der Waals surface area contributed by atoms with Gasteiger partial charge in [0.25, 0.3) is 0 Å². The molecule has 174 valence electrons. The maximum Gasteiger partial charge on any atom is 0.246 e. The summed E-state index contributed by atoms with van der Waals surface area (Å²) in [5, 5.41) is 11.3. The summed E-state index contributed by atoms with van der Waals surface area (Å²) < 4.78 is 5.34. The second-order valence-corrected chi connectivity index (χ2v) is 8.63. The quantitative estimate of drug-likeness (QED) is 0.321.